The maximum absolute atomic E-state index is 12.4. The zero-order chi connectivity index (χ0) is 18.4. The quantitative estimate of drug-likeness (QED) is 0.895. The Bertz CT molecular complexity index is 592. The summed E-state index contributed by atoms with van der Waals surface area (Å²) in [4.78, 5) is 28.3. The topological polar surface area (TPSA) is 75.9 Å². The zero-order valence-corrected chi connectivity index (χ0v) is 15.3. The van der Waals surface area contributed by atoms with Gasteiger partial charge in [-0.25, -0.2) is 4.79 Å². The van der Waals surface area contributed by atoms with Crippen molar-refractivity contribution in [1.82, 2.24) is 9.80 Å². The summed E-state index contributed by atoms with van der Waals surface area (Å²) in [5.74, 6) is 0.596. The van der Waals surface area contributed by atoms with Gasteiger partial charge in [-0.05, 0) is 37.2 Å². The highest BCUT2D eigenvalue weighted by molar-refractivity contribution is 5.76. The number of carbonyl (C=O) groups excluding carboxylic acids is 2. The molecule has 26 heavy (non-hydrogen) atoms. The third-order valence-corrected chi connectivity index (χ3v) is 5.43. The second-order valence-corrected chi connectivity index (χ2v) is 7.39. The van der Waals surface area contributed by atoms with E-state index >= 15 is 0 Å². The van der Waals surface area contributed by atoms with Gasteiger partial charge in [-0.3, -0.25) is 4.79 Å². The number of nitrogens with zero attached hydrogens (tertiary/aromatic N) is 2. The molecule has 2 fully saturated rings. The summed E-state index contributed by atoms with van der Waals surface area (Å²) in [5, 5.41) is 0. The third kappa shape index (κ3) is 5.21. The lowest BCUT2D eigenvalue weighted by atomic mass is 9.92. The normalized spacial score (nSPS) is 19.4. The Morgan fingerprint density at radius 1 is 0.962 bits per heavy atom. The second kappa shape index (κ2) is 9.03. The first-order valence-electron chi connectivity index (χ1n) is 9.61. The van der Waals surface area contributed by atoms with E-state index in [0.717, 1.165) is 44.3 Å². The number of hydrogen-bond donors (Lipinski definition) is 1. The predicted octanol–water partition coefficient (Wildman–Crippen LogP) is 2.38. The summed E-state index contributed by atoms with van der Waals surface area (Å²) in [5.41, 5.74) is 6.89. The SMILES string of the molecule is NC1CCN(C(=O)CC2CCN(C(=O)OCc3ccccc3)CC2)CC1. The summed E-state index contributed by atoms with van der Waals surface area (Å²) in [7, 11) is 0. The highest BCUT2D eigenvalue weighted by Crippen LogP contribution is 2.23. The van der Waals surface area contributed by atoms with Crippen LogP contribution in [0.4, 0.5) is 4.79 Å². The second-order valence-electron chi connectivity index (χ2n) is 7.39. The summed E-state index contributed by atoms with van der Waals surface area (Å²) < 4.78 is 5.39. The first-order valence-corrected chi connectivity index (χ1v) is 9.61. The Labute approximate surface area is 155 Å². The largest absolute Gasteiger partial charge is 0.445 e. The van der Waals surface area contributed by atoms with Gasteiger partial charge < -0.3 is 20.3 Å². The van der Waals surface area contributed by atoms with E-state index in [2.05, 4.69) is 0 Å². The van der Waals surface area contributed by atoms with Gasteiger partial charge in [0.2, 0.25) is 5.91 Å². The smallest absolute Gasteiger partial charge is 0.410 e. The summed E-state index contributed by atoms with van der Waals surface area (Å²) in [6, 6.07) is 9.93. The number of benzene rings is 1. The molecule has 142 valence electrons. The maximum Gasteiger partial charge on any atom is 0.410 e. The van der Waals surface area contributed by atoms with Gasteiger partial charge >= 0.3 is 6.09 Å². The molecular weight excluding hydrogens is 330 g/mol. The minimum atomic E-state index is -0.261. The average molecular weight is 359 g/mol. The van der Waals surface area contributed by atoms with Gasteiger partial charge in [0.15, 0.2) is 0 Å². The van der Waals surface area contributed by atoms with E-state index in [4.69, 9.17) is 10.5 Å². The summed E-state index contributed by atoms with van der Waals surface area (Å²) in [6.45, 7) is 3.19. The van der Waals surface area contributed by atoms with E-state index in [1.165, 1.54) is 0 Å². The highest BCUT2D eigenvalue weighted by atomic mass is 16.6. The van der Waals surface area contributed by atoms with Crippen molar-refractivity contribution in [2.24, 2.45) is 11.7 Å². The molecule has 1 aromatic carbocycles. The van der Waals surface area contributed by atoms with Crippen molar-refractivity contribution in [1.29, 1.82) is 0 Å². The summed E-state index contributed by atoms with van der Waals surface area (Å²) >= 11 is 0. The van der Waals surface area contributed by atoms with E-state index in [1.807, 2.05) is 35.2 Å². The first-order chi connectivity index (χ1) is 12.6. The minimum absolute atomic E-state index is 0.238. The number of hydrogen-bond acceptors (Lipinski definition) is 4. The molecule has 0 aliphatic carbocycles. The van der Waals surface area contributed by atoms with Crippen LogP contribution in [0.5, 0.6) is 0 Å². The number of likely N-dealkylation sites (tertiary alicyclic amines) is 2. The molecule has 2 amide bonds. The van der Waals surface area contributed by atoms with E-state index in [1.54, 1.807) is 4.90 Å². The number of rotatable bonds is 4. The van der Waals surface area contributed by atoms with Crippen LogP contribution in [0.25, 0.3) is 0 Å². The number of ether oxygens (including phenoxy) is 1. The third-order valence-electron chi connectivity index (χ3n) is 5.43. The predicted molar refractivity (Wildman–Crippen MR) is 99.3 cm³/mol. The number of amides is 2. The average Bonchev–Trinajstić information content (AvgIpc) is 2.68. The first kappa shape index (κ1) is 18.7. The number of nitrogens with two attached hydrogens (primary N) is 1. The molecule has 0 unspecified atom stereocenters. The molecule has 0 bridgehead atoms. The molecule has 2 saturated heterocycles. The molecule has 2 N–H and O–H groups in total. The van der Waals surface area contributed by atoms with Crippen molar-refractivity contribution < 1.29 is 14.3 Å². The van der Waals surface area contributed by atoms with Gasteiger partial charge in [0.05, 0.1) is 0 Å². The van der Waals surface area contributed by atoms with Crippen molar-refractivity contribution in [2.45, 2.75) is 44.8 Å². The van der Waals surface area contributed by atoms with Crippen LogP contribution in [0.1, 0.15) is 37.7 Å². The molecule has 2 heterocycles. The molecule has 3 rings (SSSR count). The molecule has 0 saturated carbocycles. The molecule has 6 nitrogen and oxygen atoms in total. The van der Waals surface area contributed by atoms with Crippen molar-refractivity contribution in [3.8, 4) is 0 Å². The van der Waals surface area contributed by atoms with Crippen LogP contribution < -0.4 is 5.73 Å². The van der Waals surface area contributed by atoms with E-state index in [-0.39, 0.29) is 18.0 Å². The van der Waals surface area contributed by atoms with Gasteiger partial charge in [0.1, 0.15) is 6.61 Å². The van der Waals surface area contributed by atoms with E-state index < -0.39 is 0 Å². The molecule has 1 aromatic rings. The fourth-order valence-electron chi connectivity index (χ4n) is 3.66. The van der Waals surface area contributed by atoms with Crippen LogP contribution in [0.2, 0.25) is 0 Å². The lowest BCUT2D eigenvalue weighted by Gasteiger charge is -2.34. The highest BCUT2D eigenvalue weighted by Gasteiger charge is 2.28. The minimum Gasteiger partial charge on any atom is -0.445 e. The Morgan fingerprint density at radius 3 is 2.23 bits per heavy atom. The van der Waals surface area contributed by atoms with Gasteiger partial charge in [-0.15, -0.1) is 0 Å². The zero-order valence-electron chi connectivity index (χ0n) is 15.3. The number of piperidine rings is 2. The summed E-state index contributed by atoms with van der Waals surface area (Å²) in [6.07, 6.45) is 3.85. The molecule has 2 aliphatic heterocycles. The van der Waals surface area contributed by atoms with Gasteiger partial charge in [-0.2, -0.15) is 0 Å². The molecule has 2 aliphatic rings. The lowest BCUT2D eigenvalue weighted by molar-refractivity contribution is -0.133. The van der Waals surface area contributed by atoms with E-state index in [9.17, 15) is 9.59 Å². The fourth-order valence-corrected chi connectivity index (χ4v) is 3.66. The number of carbonyl (C=O) groups is 2. The lowest BCUT2D eigenvalue weighted by Crippen LogP contribution is -2.44. The van der Waals surface area contributed by atoms with Gasteiger partial charge in [-0.1, -0.05) is 30.3 Å². The van der Waals surface area contributed by atoms with Crippen LogP contribution in [-0.2, 0) is 16.1 Å². The van der Waals surface area contributed by atoms with E-state index in [0.29, 0.717) is 32.0 Å². The van der Waals surface area contributed by atoms with Crippen molar-refractivity contribution in [2.75, 3.05) is 26.2 Å². The standard InChI is InChI=1S/C20H29N3O3/c21-18-8-12-22(13-9-18)19(24)14-16-6-10-23(11-7-16)20(25)26-15-17-4-2-1-3-5-17/h1-5,16,18H,6-15,21H2. The van der Waals surface area contributed by atoms with Crippen molar-refractivity contribution >= 4 is 12.0 Å². The van der Waals surface area contributed by atoms with Crippen LogP contribution in [0, 0.1) is 5.92 Å². The Balaban J connectivity index is 1.37. The van der Waals surface area contributed by atoms with Gasteiger partial charge in [0, 0.05) is 38.6 Å². The fraction of sp³-hybridized carbons (Fsp3) is 0.600. The Kier molecular flexibility index (Phi) is 6.50. The molecule has 0 spiro atoms. The Morgan fingerprint density at radius 2 is 1.58 bits per heavy atom. The van der Waals surface area contributed by atoms with Gasteiger partial charge in [0.25, 0.3) is 0 Å². The Hall–Kier alpha value is -2.08. The van der Waals surface area contributed by atoms with Crippen LogP contribution in [-0.4, -0.2) is 54.0 Å². The molecule has 6 heteroatoms. The molecule has 0 atom stereocenters. The molecule has 0 radical (unpaired) electrons. The monoisotopic (exact) mass is 359 g/mol. The van der Waals surface area contributed by atoms with Crippen LogP contribution in [0.15, 0.2) is 30.3 Å². The van der Waals surface area contributed by atoms with Crippen LogP contribution in [0.3, 0.4) is 0 Å². The van der Waals surface area contributed by atoms with Crippen LogP contribution >= 0.6 is 0 Å². The molecule has 0 aromatic heterocycles. The van der Waals surface area contributed by atoms with Crippen molar-refractivity contribution in [3.63, 3.8) is 0 Å². The molecular formula is C20H29N3O3. The maximum atomic E-state index is 12.4. The van der Waals surface area contributed by atoms with Crippen molar-refractivity contribution in [3.05, 3.63) is 35.9 Å².